The number of hydrogen-bond donors (Lipinski definition) is 2. The SMILES string of the molecule is CCOc1ccc(C(=O)Nc2ccccc2C(=O)NCC2CCCO2)cc1. The van der Waals surface area contributed by atoms with Gasteiger partial charge in [-0.3, -0.25) is 9.59 Å². The third-order valence-corrected chi connectivity index (χ3v) is 4.36. The number of carbonyl (C=O) groups excluding carboxylic acids is 2. The van der Waals surface area contributed by atoms with Gasteiger partial charge in [0.25, 0.3) is 11.8 Å². The Kier molecular flexibility index (Phi) is 6.44. The molecular formula is C21H24N2O4. The Morgan fingerprint density at radius 3 is 2.59 bits per heavy atom. The molecular weight excluding hydrogens is 344 g/mol. The third-order valence-electron chi connectivity index (χ3n) is 4.36. The highest BCUT2D eigenvalue weighted by molar-refractivity contribution is 6.09. The molecule has 0 spiro atoms. The zero-order valence-corrected chi connectivity index (χ0v) is 15.4. The molecule has 2 N–H and O–H groups in total. The molecule has 0 radical (unpaired) electrons. The average Bonchev–Trinajstić information content (AvgIpc) is 3.21. The van der Waals surface area contributed by atoms with Gasteiger partial charge in [-0.2, -0.15) is 0 Å². The van der Waals surface area contributed by atoms with Crippen LogP contribution in [-0.4, -0.2) is 37.7 Å². The van der Waals surface area contributed by atoms with Gasteiger partial charge in [-0.1, -0.05) is 12.1 Å². The van der Waals surface area contributed by atoms with E-state index in [0.29, 0.717) is 35.7 Å². The van der Waals surface area contributed by atoms with E-state index >= 15 is 0 Å². The fraction of sp³-hybridized carbons (Fsp3) is 0.333. The van der Waals surface area contributed by atoms with E-state index in [1.165, 1.54) is 0 Å². The fourth-order valence-electron chi connectivity index (χ4n) is 2.96. The lowest BCUT2D eigenvalue weighted by atomic mass is 10.1. The van der Waals surface area contributed by atoms with E-state index in [-0.39, 0.29) is 17.9 Å². The molecule has 0 aliphatic carbocycles. The molecule has 1 unspecified atom stereocenters. The molecule has 1 aliphatic rings. The van der Waals surface area contributed by atoms with Crippen LogP contribution in [0.4, 0.5) is 5.69 Å². The number of amides is 2. The van der Waals surface area contributed by atoms with Crippen LogP contribution in [0.25, 0.3) is 0 Å². The van der Waals surface area contributed by atoms with Crippen molar-refractivity contribution >= 4 is 17.5 Å². The first-order chi connectivity index (χ1) is 13.2. The first kappa shape index (κ1) is 18.9. The highest BCUT2D eigenvalue weighted by atomic mass is 16.5. The molecule has 1 atom stereocenters. The third kappa shape index (κ3) is 5.08. The number of hydrogen-bond acceptors (Lipinski definition) is 4. The van der Waals surface area contributed by atoms with Crippen molar-refractivity contribution in [2.45, 2.75) is 25.9 Å². The monoisotopic (exact) mass is 368 g/mol. The van der Waals surface area contributed by atoms with Gasteiger partial charge in [-0.15, -0.1) is 0 Å². The van der Waals surface area contributed by atoms with Crippen LogP contribution in [0.1, 0.15) is 40.5 Å². The predicted molar refractivity (Wildman–Crippen MR) is 103 cm³/mol. The Balaban J connectivity index is 1.65. The molecule has 1 fully saturated rings. The number of carbonyl (C=O) groups is 2. The molecule has 2 aromatic rings. The number of anilines is 1. The second-order valence-electron chi connectivity index (χ2n) is 6.30. The molecule has 2 amide bonds. The summed E-state index contributed by atoms with van der Waals surface area (Å²) in [6.45, 7) is 3.69. The maximum Gasteiger partial charge on any atom is 0.255 e. The van der Waals surface area contributed by atoms with Gasteiger partial charge in [0.05, 0.1) is 24.0 Å². The molecule has 0 saturated carbocycles. The Morgan fingerprint density at radius 1 is 1.11 bits per heavy atom. The molecule has 2 aromatic carbocycles. The zero-order chi connectivity index (χ0) is 19.1. The summed E-state index contributed by atoms with van der Waals surface area (Å²) in [5, 5.41) is 5.70. The van der Waals surface area contributed by atoms with Crippen LogP contribution in [0, 0.1) is 0 Å². The predicted octanol–water partition coefficient (Wildman–Crippen LogP) is 3.25. The summed E-state index contributed by atoms with van der Waals surface area (Å²) in [6.07, 6.45) is 2.05. The number of nitrogens with one attached hydrogen (secondary N) is 2. The molecule has 1 heterocycles. The standard InChI is InChI=1S/C21H24N2O4/c1-2-26-16-11-9-15(10-12-16)20(24)23-19-8-4-3-7-18(19)21(25)22-14-17-6-5-13-27-17/h3-4,7-12,17H,2,5-6,13-14H2,1H3,(H,22,25)(H,23,24). The molecule has 6 nitrogen and oxygen atoms in total. The lowest BCUT2D eigenvalue weighted by Crippen LogP contribution is -2.32. The summed E-state index contributed by atoms with van der Waals surface area (Å²) in [5.74, 6) is 0.202. The van der Waals surface area contributed by atoms with Gasteiger partial charge in [0.15, 0.2) is 0 Å². The van der Waals surface area contributed by atoms with Crippen LogP contribution < -0.4 is 15.4 Å². The molecule has 142 valence electrons. The van der Waals surface area contributed by atoms with E-state index in [0.717, 1.165) is 19.4 Å². The minimum absolute atomic E-state index is 0.0690. The van der Waals surface area contributed by atoms with Gasteiger partial charge in [-0.25, -0.2) is 0 Å². The Hall–Kier alpha value is -2.86. The number of benzene rings is 2. The molecule has 6 heteroatoms. The minimum atomic E-state index is -0.280. The van der Waals surface area contributed by atoms with E-state index in [1.807, 2.05) is 6.92 Å². The lowest BCUT2D eigenvalue weighted by Gasteiger charge is -2.14. The van der Waals surface area contributed by atoms with Crippen molar-refractivity contribution in [1.29, 1.82) is 0 Å². The number of para-hydroxylation sites is 1. The van der Waals surface area contributed by atoms with Gasteiger partial charge in [0, 0.05) is 18.7 Å². The summed E-state index contributed by atoms with van der Waals surface area (Å²) in [6, 6.07) is 13.8. The summed E-state index contributed by atoms with van der Waals surface area (Å²) in [5.41, 5.74) is 1.39. The van der Waals surface area contributed by atoms with Crippen molar-refractivity contribution in [3.63, 3.8) is 0 Å². The number of rotatable bonds is 7. The van der Waals surface area contributed by atoms with Crippen LogP contribution in [0.15, 0.2) is 48.5 Å². The Morgan fingerprint density at radius 2 is 1.89 bits per heavy atom. The highest BCUT2D eigenvalue weighted by Crippen LogP contribution is 2.18. The summed E-state index contributed by atoms with van der Waals surface area (Å²) < 4.78 is 10.9. The van der Waals surface area contributed by atoms with Gasteiger partial charge in [0.1, 0.15) is 5.75 Å². The molecule has 1 saturated heterocycles. The largest absolute Gasteiger partial charge is 0.494 e. The lowest BCUT2D eigenvalue weighted by molar-refractivity contribution is 0.0858. The topological polar surface area (TPSA) is 76.7 Å². The maximum atomic E-state index is 12.5. The van der Waals surface area contributed by atoms with Crippen molar-refractivity contribution in [3.8, 4) is 5.75 Å². The van der Waals surface area contributed by atoms with Crippen molar-refractivity contribution in [2.75, 3.05) is 25.1 Å². The smallest absolute Gasteiger partial charge is 0.255 e. The van der Waals surface area contributed by atoms with Crippen LogP contribution in [0.3, 0.4) is 0 Å². The second-order valence-corrected chi connectivity index (χ2v) is 6.30. The number of ether oxygens (including phenoxy) is 2. The van der Waals surface area contributed by atoms with Crippen LogP contribution in [0.2, 0.25) is 0 Å². The van der Waals surface area contributed by atoms with Crippen molar-refractivity contribution < 1.29 is 19.1 Å². The van der Waals surface area contributed by atoms with Gasteiger partial charge < -0.3 is 20.1 Å². The zero-order valence-electron chi connectivity index (χ0n) is 15.4. The summed E-state index contributed by atoms with van der Waals surface area (Å²) in [7, 11) is 0. The average molecular weight is 368 g/mol. The van der Waals surface area contributed by atoms with E-state index in [2.05, 4.69) is 10.6 Å². The molecule has 1 aliphatic heterocycles. The van der Waals surface area contributed by atoms with Gasteiger partial charge in [0.2, 0.25) is 0 Å². The van der Waals surface area contributed by atoms with E-state index in [9.17, 15) is 9.59 Å². The molecule has 0 bridgehead atoms. The van der Waals surface area contributed by atoms with Crippen molar-refractivity contribution in [1.82, 2.24) is 5.32 Å². The minimum Gasteiger partial charge on any atom is -0.494 e. The van der Waals surface area contributed by atoms with Crippen molar-refractivity contribution in [3.05, 3.63) is 59.7 Å². The Labute approximate surface area is 158 Å². The van der Waals surface area contributed by atoms with Crippen molar-refractivity contribution in [2.24, 2.45) is 0 Å². The summed E-state index contributed by atoms with van der Waals surface area (Å²) >= 11 is 0. The van der Waals surface area contributed by atoms with Crippen LogP contribution >= 0.6 is 0 Å². The Bertz CT molecular complexity index is 783. The molecule has 27 heavy (non-hydrogen) atoms. The maximum absolute atomic E-state index is 12.5. The first-order valence-electron chi connectivity index (χ1n) is 9.20. The normalized spacial score (nSPS) is 16.0. The van der Waals surface area contributed by atoms with Crippen LogP contribution in [-0.2, 0) is 4.74 Å². The van der Waals surface area contributed by atoms with Gasteiger partial charge >= 0.3 is 0 Å². The summed E-state index contributed by atoms with van der Waals surface area (Å²) in [4.78, 5) is 25.0. The molecule has 3 rings (SSSR count). The van der Waals surface area contributed by atoms with Gasteiger partial charge in [-0.05, 0) is 56.2 Å². The van der Waals surface area contributed by atoms with E-state index in [1.54, 1.807) is 48.5 Å². The highest BCUT2D eigenvalue weighted by Gasteiger charge is 2.18. The first-order valence-corrected chi connectivity index (χ1v) is 9.20. The van der Waals surface area contributed by atoms with E-state index < -0.39 is 0 Å². The second kappa shape index (κ2) is 9.19. The fourth-order valence-corrected chi connectivity index (χ4v) is 2.96. The van der Waals surface area contributed by atoms with E-state index in [4.69, 9.17) is 9.47 Å². The molecule has 0 aromatic heterocycles. The van der Waals surface area contributed by atoms with Crippen LogP contribution in [0.5, 0.6) is 5.75 Å². The quantitative estimate of drug-likeness (QED) is 0.787.